The van der Waals surface area contributed by atoms with Crippen molar-refractivity contribution >= 4 is 6.03 Å². The highest BCUT2D eigenvalue weighted by atomic mass is 16.2. The highest BCUT2D eigenvalue weighted by Crippen LogP contribution is 2.20. The van der Waals surface area contributed by atoms with E-state index >= 15 is 0 Å². The largest absolute Gasteiger partial charge is 0.335 e. The first-order chi connectivity index (χ1) is 10.6. The molecule has 0 spiro atoms. The van der Waals surface area contributed by atoms with Crippen LogP contribution in [-0.2, 0) is 0 Å². The summed E-state index contributed by atoms with van der Waals surface area (Å²) in [5.41, 5.74) is 3.44. The van der Waals surface area contributed by atoms with Crippen molar-refractivity contribution in [1.29, 1.82) is 0 Å². The van der Waals surface area contributed by atoms with Gasteiger partial charge in [0.1, 0.15) is 0 Å². The molecule has 0 aliphatic heterocycles. The molecule has 3 heteroatoms. The van der Waals surface area contributed by atoms with Gasteiger partial charge in [0.2, 0.25) is 0 Å². The number of hydrogen-bond acceptors (Lipinski definition) is 1. The summed E-state index contributed by atoms with van der Waals surface area (Å²) in [6.07, 6.45) is 8.05. The minimum Gasteiger partial charge on any atom is -0.335 e. The number of nitrogens with one attached hydrogen (secondary N) is 1. The minimum atomic E-state index is -0.0404. The van der Waals surface area contributed by atoms with E-state index < -0.39 is 0 Å². The highest BCUT2D eigenvalue weighted by Gasteiger charge is 2.12. The number of aryl methyl sites for hydroxylation is 1. The maximum atomic E-state index is 12.3. The third kappa shape index (κ3) is 4.23. The summed E-state index contributed by atoms with van der Waals surface area (Å²) in [7, 11) is 0. The number of carbonyl (C=O) groups excluding carboxylic acids is 1. The molecule has 118 valence electrons. The van der Waals surface area contributed by atoms with Gasteiger partial charge in [0, 0.05) is 18.4 Å². The van der Waals surface area contributed by atoms with E-state index in [0.717, 1.165) is 36.8 Å². The Bertz CT molecular complexity index is 598. The van der Waals surface area contributed by atoms with E-state index in [0.29, 0.717) is 0 Å². The van der Waals surface area contributed by atoms with Gasteiger partial charge in [-0.05, 0) is 37.0 Å². The maximum Gasteiger partial charge on any atom is 0.325 e. The van der Waals surface area contributed by atoms with E-state index in [4.69, 9.17) is 0 Å². The van der Waals surface area contributed by atoms with Gasteiger partial charge in [0.25, 0.3) is 0 Å². The first-order valence-electron chi connectivity index (χ1n) is 8.20. The van der Waals surface area contributed by atoms with Crippen molar-refractivity contribution in [3.8, 4) is 11.1 Å². The fourth-order valence-corrected chi connectivity index (χ4v) is 2.52. The molecule has 0 bridgehead atoms. The van der Waals surface area contributed by atoms with Gasteiger partial charge in [-0.2, -0.15) is 0 Å². The van der Waals surface area contributed by atoms with Crippen LogP contribution in [0.2, 0.25) is 0 Å². The van der Waals surface area contributed by atoms with Crippen molar-refractivity contribution in [1.82, 2.24) is 9.88 Å². The molecule has 1 atom stereocenters. The smallest absolute Gasteiger partial charge is 0.325 e. The van der Waals surface area contributed by atoms with E-state index in [1.807, 2.05) is 18.5 Å². The molecule has 1 unspecified atom stereocenters. The lowest BCUT2D eigenvalue weighted by atomic mass is 10.1. The van der Waals surface area contributed by atoms with Gasteiger partial charge in [-0.25, -0.2) is 4.79 Å². The molecule has 22 heavy (non-hydrogen) atoms. The fraction of sp³-hybridized carbons (Fsp3) is 0.421. The van der Waals surface area contributed by atoms with Crippen LogP contribution in [0.1, 0.15) is 45.1 Å². The topological polar surface area (TPSA) is 34.0 Å². The molecule has 1 aromatic heterocycles. The first-order valence-corrected chi connectivity index (χ1v) is 8.20. The molecule has 0 saturated heterocycles. The monoisotopic (exact) mass is 298 g/mol. The number of rotatable bonds is 6. The van der Waals surface area contributed by atoms with Crippen LogP contribution < -0.4 is 5.32 Å². The zero-order valence-corrected chi connectivity index (χ0v) is 13.8. The second-order valence-electron chi connectivity index (χ2n) is 5.87. The SMILES string of the molecule is CCCCC(CC)NC(=O)n1ccc(-c2ccc(C)cc2)c1. The van der Waals surface area contributed by atoms with Crippen molar-refractivity contribution < 1.29 is 4.79 Å². The quantitative estimate of drug-likeness (QED) is 0.801. The first kappa shape index (κ1) is 16.3. The van der Waals surface area contributed by atoms with Crippen LogP contribution >= 0.6 is 0 Å². The summed E-state index contributed by atoms with van der Waals surface area (Å²) >= 11 is 0. The number of amides is 1. The molecule has 0 aliphatic rings. The number of carbonyl (C=O) groups is 1. The molecule has 1 heterocycles. The van der Waals surface area contributed by atoms with Crippen LogP contribution in [0.4, 0.5) is 4.79 Å². The van der Waals surface area contributed by atoms with Crippen molar-refractivity contribution in [3.63, 3.8) is 0 Å². The average Bonchev–Trinajstić information content (AvgIpc) is 3.02. The van der Waals surface area contributed by atoms with E-state index in [2.05, 4.69) is 50.4 Å². The summed E-state index contributed by atoms with van der Waals surface area (Å²) < 4.78 is 1.64. The molecular formula is C19H26N2O. The molecule has 3 nitrogen and oxygen atoms in total. The number of nitrogens with zero attached hydrogens (tertiary/aromatic N) is 1. The van der Waals surface area contributed by atoms with Crippen molar-refractivity contribution in [2.45, 2.75) is 52.5 Å². The molecule has 0 fully saturated rings. The number of unbranched alkanes of at least 4 members (excludes halogenated alkanes) is 1. The summed E-state index contributed by atoms with van der Waals surface area (Å²) in [6, 6.07) is 10.6. The zero-order chi connectivity index (χ0) is 15.9. The van der Waals surface area contributed by atoms with Crippen molar-refractivity contribution in [2.75, 3.05) is 0 Å². The standard InChI is InChI=1S/C19H26N2O/c1-4-6-7-18(5-2)20-19(22)21-13-12-17(14-21)16-10-8-15(3)9-11-16/h8-14,18H,4-7H2,1-3H3,(H,20,22). The molecule has 1 aromatic carbocycles. The summed E-state index contributed by atoms with van der Waals surface area (Å²) in [5.74, 6) is 0. The van der Waals surface area contributed by atoms with Gasteiger partial charge in [0.05, 0.1) is 0 Å². The molecule has 2 rings (SSSR count). The molecule has 0 radical (unpaired) electrons. The second-order valence-corrected chi connectivity index (χ2v) is 5.87. The van der Waals surface area contributed by atoms with Crippen LogP contribution in [0.15, 0.2) is 42.7 Å². The lowest BCUT2D eigenvalue weighted by Crippen LogP contribution is -2.36. The van der Waals surface area contributed by atoms with E-state index in [-0.39, 0.29) is 12.1 Å². The van der Waals surface area contributed by atoms with Gasteiger partial charge < -0.3 is 5.32 Å². The number of benzene rings is 1. The Morgan fingerprint density at radius 1 is 1.14 bits per heavy atom. The lowest BCUT2D eigenvalue weighted by molar-refractivity contribution is 0.237. The minimum absolute atomic E-state index is 0.0404. The van der Waals surface area contributed by atoms with Gasteiger partial charge in [0.15, 0.2) is 0 Å². The predicted molar refractivity (Wildman–Crippen MR) is 92.1 cm³/mol. The van der Waals surface area contributed by atoms with E-state index in [1.165, 1.54) is 5.56 Å². The van der Waals surface area contributed by atoms with Crippen LogP contribution in [0.3, 0.4) is 0 Å². The molecule has 0 saturated carbocycles. The number of aromatic nitrogens is 1. The maximum absolute atomic E-state index is 12.3. The highest BCUT2D eigenvalue weighted by molar-refractivity contribution is 5.79. The van der Waals surface area contributed by atoms with E-state index in [1.54, 1.807) is 4.57 Å². The summed E-state index contributed by atoms with van der Waals surface area (Å²) in [6.45, 7) is 6.37. The average molecular weight is 298 g/mol. The molecular weight excluding hydrogens is 272 g/mol. The zero-order valence-electron chi connectivity index (χ0n) is 13.8. The molecule has 1 N–H and O–H groups in total. The predicted octanol–water partition coefficient (Wildman–Crippen LogP) is 4.99. The van der Waals surface area contributed by atoms with Crippen LogP contribution in [0.25, 0.3) is 11.1 Å². The Hall–Kier alpha value is -2.03. The van der Waals surface area contributed by atoms with Gasteiger partial charge in [-0.15, -0.1) is 0 Å². The summed E-state index contributed by atoms with van der Waals surface area (Å²) in [5, 5.41) is 3.12. The normalized spacial score (nSPS) is 12.1. The Labute approximate surface area is 133 Å². The molecule has 0 aliphatic carbocycles. The lowest BCUT2D eigenvalue weighted by Gasteiger charge is -2.16. The van der Waals surface area contributed by atoms with Gasteiger partial charge >= 0.3 is 6.03 Å². The third-order valence-electron chi connectivity index (χ3n) is 4.04. The Morgan fingerprint density at radius 3 is 2.50 bits per heavy atom. The Balaban J connectivity index is 2.03. The van der Waals surface area contributed by atoms with Crippen LogP contribution in [0.5, 0.6) is 0 Å². The van der Waals surface area contributed by atoms with E-state index in [9.17, 15) is 4.79 Å². The Kier molecular flexibility index (Phi) is 5.82. The molecule has 1 amide bonds. The fourth-order valence-electron chi connectivity index (χ4n) is 2.52. The summed E-state index contributed by atoms with van der Waals surface area (Å²) in [4.78, 5) is 12.3. The third-order valence-corrected chi connectivity index (χ3v) is 4.04. The van der Waals surface area contributed by atoms with Gasteiger partial charge in [-0.1, -0.05) is 56.5 Å². The molecule has 2 aromatic rings. The van der Waals surface area contributed by atoms with Crippen molar-refractivity contribution in [2.24, 2.45) is 0 Å². The van der Waals surface area contributed by atoms with Crippen LogP contribution in [-0.4, -0.2) is 16.6 Å². The van der Waals surface area contributed by atoms with Gasteiger partial charge in [-0.3, -0.25) is 4.57 Å². The second kappa shape index (κ2) is 7.83. The van der Waals surface area contributed by atoms with Crippen molar-refractivity contribution in [3.05, 3.63) is 48.3 Å². The van der Waals surface area contributed by atoms with Crippen LogP contribution in [0, 0.1) is 6.92 Å². The number of hydrogen-bond donors (Lipinski definition) is 1. The Morgan fingerprint density at radius 2 is 1.86 bits per heavy atom.